The number of nitrogens with one attached hydrogen (secondary N) is 1. The molecule has 0 bridgehead atoms. The van der Waals surface area contributed by atoms with Crippen LogP contribution in [-0.2, 0) is 9.53 Å². The monoisotopic (exact) mass is 351 g/mol. The number of carbonyl (C=O) groups is 1. The van der Waals surface area contributed by atoms with Gasteiger partial charge in [-0.2, -0.15) is 0 Å². The van der Waals surface area contributed by atoms with Gasteiger partial charge in [0.1, 0.15) is 5.75 Å². The number of hydrogen-bond acceptors (Lipinski definition) is 3. The average molecular weight is 352 g/mol. The second-order valence-electron chi connectivity index (χ2n) is 7.22. The number of hydrogen-bond donors (Lipinski definition) is 1. The largest absolute Gasteiger partial charge is 0.483 e. The Morgan fingerprint density at radius 3 is 2.79 bits per heavy atom. The minimum atomic E-state index is -0.0848. The van der Waals surface area contributed by atoms with Gasteiger partial charge in [-0.15, -0.1) is 0 Å². The van der Waals surface area contributed by atoms with Gasteiger partial charge >= 0.3 is 0 Å². The fourth-order valence-corrected chi connectivity index (χ4v) is 3.47. The molecule has 1 aliphatic carbocycles. The highest BCUT2D eigenvalue weighted by Crippen LogP contribution is 2.38. The summed E-state index contributed by atoms with van der Waals surface area (Å²) in [6.45, 7) is 6.87. The molecule has 2 atom stereocenters. The van der Waals surface area contributed by atoms with Gasteiger partial charge in [-0.3, -0.25) is 4.79 Å². The molecule has 1 aromatic carbocycles. The molecule has 1 saturated heterocycles. The van der Waals surface area contributed by atoms with Crippen molar-refractivity contribution in [2.45, 2.75) is 58.1 Å². The van der Waals surface area contributed by atoms with Gasteiger partial charge in [0.2, 0.25) is 0 Å². The average Bonchev–Trinajstić information content (AvgIpc) is 3.28. The zero-order valence-corrected chi connectivity index (χ0v) is 15.4. The predicted octanol–water partition coefficient (Wildman–Crippen LogP) is 3.83. The Kier molecular flexibility index (Phi) is 5.36. The number of carbonyl (C=O) groups excluding carboxylic acids is 1. The zero-order chi connectivity index (χ0) is 17.3. The second-order valence-corrected chi connectivity index (χ2v) is 7.63. The van der Waals surface area contributed by atoms with Crippen LogP contribution in [0.4, 0.5) is 0 Å². The summed E-state index contributed by atoms with van der Waals surface area (Å²) in [6, 6.07) is 3.98. The van der Waals surface area contributed by atoms with Gasteiger partial charge in [-0.1, -0.05) is 25.4 Å². The van der Waals surface area contributed by atoms with E-state index in [-0.39, 0.29) is 30.6 Å². The van der Waals surface area contributed by atoms with E-state index < -0.39 is 0 Å². The van der Waals surface area contributed by atoms with Gasteiger partial charge in [0, 0.05) is 11.6 Å². The Morgan fingerprint density at radius 2 is 2.12 bits per heavy atom. The molecule has 0 aromatic heterocycles. The van der Waals surface area contributed by atoms with Crippen molar-refractivity contribution in [2.24, 2.45) is 5.92 Å². The lowest BCUT2D eigenvalue weighted by molar-refractivity contribution is -0.124. The van der Waals surface area contributed by atoms with E-state index in [1.165, 1.54) is 12.8 Å². The lowest BCUT2D eigenvalue weighted by Crippen LogP contribution is -2.43. The van der Waals surface area contributed by atoms with E-state index in [4.69, 9.17) is 21.1 Å². The van der Waals surface area contributed by atoms with Gasteiger partial charge < -0.3 is 14.8 Å². The SMILES string of the molecule is Cc1cc(OCC(=O)N[C@@H]2CCO[C@H]2C2CC2)c(C(C)C)cc1Cl. The van der Waals surface area contributed by atoms with Gasteiger partial charge in [-0.25, -0.2) is 0 Å². The quantitative estimate of drug-likeness (QED) is 0.847. The van der Waals surface area contributed by atoms with Gasteiger partial charge in [-0.05, 0) is 61.3 Å². The summed E-state index contributed by atoms with van der Waals surface area (Å²) in [6.07, 6.45) is 3.52. The smallest absolute Gasteiger partial charge is 0.258 e. The molecule has 1 saturated carbocycles. The Hall–Kier alpha value is -1.26. The van der Waals surface area contributed by atoms with Crippen LogP contribution in [0.5, 0.6) is 5.75 Å². The fraction of sp³-hybridized carbons (Fsp3) is 0.632. The molecule has 2 aliphatic rings. The third kappa shape index (κ3) is 4.04. The molecule has 1 N–H and O–H groups in total. The van der Waals surface area contributed by atoms with Gasteiger partial charge in [0.05, 0.1) is 12.1 Å². The van der Waals surface area contributed by atoms with E-state index in [2.05, 4.69) is 19.2 Å². The predicted molar refractivity (Wildman–Crippen MR) is 94.8 cm³/mol. The van der Waals surface area contributed by atoms with Crippen LogP contribution in [0.25, 0.3) is 0 Å². The highest BCUT2D eigenvalue weighted by Gasteiger charge is 2.41. The standard InChI is InChI=1S/C19H26ClNO3/c1-11(2)14-9-15(20)12(3)8-17(14)24-10-18(22)21-16-6-7-23-19(16)13-4-5-13/h8-9,11,13,16,19H,4-7,10H2,1-3H3,(H,21,22)/t16-,19+/m1/s1. The molecule has 1 aliphatic heterocycles. The van der Waals surface area contributed by atoms with E-state index in [1.807, 2.05) is 19.1 Å². The van der Waals surface area contributed by atoms with Crippen molar-refractivity contribution in [1.82, 2.24) is 5.32 Å². The third-order valence-corrected chi connectivity index (χ3v) is 5.25. The summed E-state index contributed by atoms with van der Waals surface area (Å²) in [4.78, 5) is 12.3. The van der Waals surface area contributed by atoms with Crippen molar-refractivity contribution in [3.05, 3.63) is 28.3 Å². The number of ether oxygens (including phenoxy) is 2. The summed E-state index contributed by atoms with van der Waals surface area (Å²) in [5, 5.41) is 3.81. The zero-order valence-electron chi connectivity index (χ0n) is 14.6. The molecule has 132 valence electrons. The molecular formula is C19H26ClNO3. The summed E-state index contributed by atoms with van der Waals surface area (Å²) in [5.41, 5.74) is 1.98. The highest BCUT2D eigenvalue weighted by atomic mass is 35.5. The molecular weight excluding hydrogens is 326 g/mol. The summed E-state index contributed by atoms with van der Waals surface area (Å²) < 4.78 is 11.6. The molecule has 0 radical (unpaired) electrons. The Morgan fingerprint density at radius 1 is 1.38 bits per heavy atom. The first-order chi connectivity index (χ1) is 11.5. The maximum Gasteiger partial charge on any atom is 0.258 e. The summed E-state index contributed by atoms with van der Waals surface area (Å²) in [5.74, 6) is 1.57. The molecule has 3 rings (SSSR count). The van der Waals surface area contributed by atoms with Crippen molar-refractivity contribution in [1.29, 1.82) is 0 Å². The van der Waals surface area contributed by atoms with E-state index in [1.54, 1.807) is 0 Å². The molecule has 1 amide bonds. The normalized spacial score (nSPS) is 23.5. The molecule has 5 heteroatoms. The minimum Gasteiger partial charge on any atom is -0.483 e. The lowest BCUT2D eigenvalue weighted by Gasteiger charge is -2.20. The molecule has 1 aromatic rings. The first-order valence-electron chi connectivity index (χ1n) is 8.79. The Bertz CT molecular complexity index is 613. The topological polar surface area (TPSA) is 47.6 Å². The molecule has 1 heterocycles. The van der Waals surface area contributed by atoms with Crippen LogP contribution in [0, 0.1) is 12.8 Å². The van der Waals surface area contributed by atoms with Crippen LogP contribution in [0.2, 0.25) is 5.02 Å². The van der Waals surface area contributed by atoms with Crippen molar-refractivity contribution < 1.29 is 14.3 Å². The number of halogens is 1. The molecule has 24 heavy (non-hydrogen) atoms. The van der Waals surface area contributed by atoms with Crippen LogP contribution < -0.4 is 10.1 Å². The summed E-state index contributed by atoms with van der Waals surface area (Å²) in [7, 11) is 0. The fourth-order valence-electron chi connectivity index (χ4n) is 3.29. The van der Waals surface area contributed by atoms with Crippen LogP contribution in [-0.4, -0.2) is 31.3 Å². The first-order valence-corrected chi connectivity index (χ1v) is 9.17. The Labute approximate surface area is 148 Å². The van der Waals surface area contributed by atoms with Crippen molar-refractivity contribution in [3.8, 4) is 5.75 Å². The number of benzene rings is 1. The van der Waals surface area contributed by atoms with Crippen molar-refractivity contribution >= 4 is 17.5 Å². The second kappa shape index (κ2) is 7.32. The van der Waals surface area contributed by atoms with Crippen LogP contribution in [0.1, 0.15) is 50.2 Å². The van der Waals surface area contributed by atoms with Gasteiger partial charge in [0.25, 0.3) is 5.91 Å². The van der Waals surface area contributed by atoms with Crippen LogP contribution >= 0.6 is 11.6 Å². The molecule has 4 nitrogen and oxygen atoms in total. The van der Waals surface area contributed by atoms with Crippen molar-refractivity contribution in [3.63, 3.8) is 0 Å². The lowest BCUT2D eigenvalue weighted by atomic mass is 10.0. The number of amides is 1. The van der Waals surface area contributed by atoms with E-state index >= 15 is 0 Å². The maximum atomic E-state index is 12.3. The van der Waals surface area contributed by atoms with Crippen molar-refractivity contribution in [2.75, 3.05) is 13.2 Å². The summed E-state index contributed by atoms with van der Waals surface area (Å²) >= 11 is 6.21. The number of aryl methyl sites for hydroxylation is 1. The molecule has 0 unspecified atom stereocenters. The highest BCUT2D eigenvalue weighted by molar-refractivity contribution is 6.31. The minimum absolute atomic E-state index is 0.0225. The van der Waals surface area contributed by atoms with E-state index in [0.717, 1.165) is 34.9 Å². The third-order valence-electron chi connectivity index (χ3n) is 4.84. The molecule has 0 spiro atoms. The van der Waals surface area contributed by atoms with Gasteiger partial charge in [0.15, 0.2) is 6.61 Å². The Balaban J connectivity index is 1.59. The van der Waals surface area contributed by atoms with Crippen LogP contribution in [0.15, 0.2) is 12.1 Å². The number of rotatable bonds is 6. The first kappa shape index (κ1) is 17.6. The maximum absolute atomic E-state index is 12.3. The molecule has 2 fully saturated rings. The van der Waals surface area contributed by atoms with E-state index in [0.29, 0.717) is 5.92 Å². The van der Waals surface area contributed by atoms with Crippen LogP contribution in [0.3, 0.4) is 0 Å². The van der Waals surface area contributed by atoms with E-state index in [9.17, 15) is 4.79 Å².